The number of benzene rings is 1. The number of alkyl carbamates (subject to hydrolysis) is 1. The maximum absolute atomic E-state index is 13.6. The fraction of sp³-hybridized carbons (Fsp3) is 0.606. The van der Waals surface area contributed by atoms with Crippen LogP contribution in [0.3, 0.4) is 0 Å². The quantitative estimate of drug-likeness (QED) is 0.280. The minimum atomic E-state index is -1.15. The van der Waals surface area contributed by atoms with Gasteiger partial charge in [0, 0.05) is 6.54 Å². The number of ketones is 2. The Morgan fingerprint density at radius 1 is 0.935 bits per heavy atom. The largest absolute Gasteiger partial charge is 0.449 e. The van der Waals surface area contributed by atoms with Crippen LogP contribution in [0.5, 0.6) is 0 Å². The van der Waals surface area contributed by atoms with E-state index in [-0.39, 0.29) is 30.6 Å². The van der Waals surface area contributed by atoms with Gasteiger partial charge in [0.1, 0.15) is 18.1 Å². The molecule has 13 heteroatoms. The summed E-state index contributed by atoms with van der Waals surface area (Å²) in [5.74, 6) is -3.70. The molecule has 1 aromatic carbocycles. The standard InChI is InChI=1S/C33H47N5O8/c1-21(2)20-46-33(45)36-25-16-11-6-4-5-10-15-24(35-30(42)26-17-12-18-38(26)32(25)44)29(41)31(43)34-19-27(40)37-28(22(3)39)23-13-8-7-9-14-23/h7-9,13-14,21,24-26,28H,4-6,10-12,15-20H2,1-3H3,(H,34,43)(H,35,42)(H,36,45)(H,37,40)/t24?,25?,26-,28+/m0/s1. The van der Waals surface area contributed by atoms with Gasteiger partial charge in [0.2, 0.25) is 23.5 Å². The zero-order chi connectivity index (χ0) is 33.6. The topological polar surface area (TPSA) is 180 Å². The third-order valence-corrected chi connectivity index (χ3v) is 8.07. The van der Waals surface area contributed by atoms with E-state index in [0.29, 0.717) is 44.2 Å². The van der Waals surface area contributed by atoms with Crippen LogP contribution in [0.25, 0.3) is 0 Å². The van der Waals surface area contributed by atoms with Gasteiger partial charge in [-0.2, -0.15) is 0 Å². The minimum Gasteiger partial charge on any atom is -0.449 e. The van der Waals surface area contributed by atoms with Crippen molar-refractivity contribution in [3.8, 4) is 0 Å². The highest BCUT2D eigenvalue weighted by molar-refractivity contribution is 6.38. The third-order valence-electron chi connectivity index (χ3n) is 8.07. The van der Waals surface area contributed by atoms with Crippen molar-refractivity contribution in [2.45, 2.75) is 103 Å². The Morgan fingerprint density at radius 3 is 2.28 bits per heavy atom. The van der Waals surface area contributed by atoms with Gasteiger partial charge in [0.05, 0.1) is 19.2 Å². The lowest BCUT2D eigenvalue weighted by Crippen LogP contribution is -2.56. The number of hydrogen-bond acceptors (Lipinski definition) is 8. The summed E-state index contributed by atoms with van der Waals surface area (Å²) < 4.78 is 5.23. The Bertz CT molecular complexity index is 1250. The molecule has 4 N–H and O–H groups in total. The normalized spacial score (nSPS) is 21.7. The van der Waals surface area contributed by atoms with Crippen molar-refractivity contribution < 1.29 is 38.3 Å². The number of carbonyl (C=O) groups excluding carboxylic acids is 7. The van der Waals surface area contributed by atoms with Gasteiger partial charge < -0.3 is 30.9 Å². The number of Topliss-reactive ketones (excluding diaryl/α,β-unsaturated/α-hetero) is 2. The van der Waals surface area contributed by atoms with Crippen LogP contribution in [-0.4, -0.2) is 84.0 Å². The molecule has 3 rings (SSSR count). The molecule has 0 aliphatic carbocycles. The highest BCUT2D eigenvalue weighted by Gasteiger charge is 2.39. The summed E-state index contributed by atoms with van der Waals surface area (Å²) in [6, 6.07) is 4.87. The molecule has 0 spiro atoms. The first kappa shape index (κ1) is 36.2. The van der Waals surface area contributed by atoms with Crippen molar-refractivity contribution in [1.29, 1.82) is 0 Å². The summed E-state index contributed by atoms with van der Waals surface area (Å²) >= 11 is 0. The molecular formula is C33H47N5O8. The highest BCUT2D eigenvalue weighted by atomic mass is 16.5. The predicted octanol–water partition coefficient (Wildman–Crippen LogP) is 2.09. The first-order valence-corrected chi connectivity index (χ1v) is 16.2. The zero-order valence-corrected chi connectivity index (χ0v) is 27.0. The molecule has 0 radical (unpaired) electrons. The van der Waals surface area contributed by atoms with Crippen LogP contribution in [0, 0.1) is 5.92 Å². The van der Waals surface area contributed by atoms with Gasteiger partial charge in [-0.05, 0) is 44.1 Å². The maximum Gasteiger partial charge on any atom is 0.407 e. The van der Waals surface area contributed by atoms with Gasteiger partial charge in [0.15, 0.2) is 5.78 Å². The lowest BCUT2D eigenvalue weighted by atomic mass is 9.99. The Balaban J connectivity index is 1.65. The predicted molar refractivity (Wildman–Crippen MR) is 168 cm³/mol. The van der Waals surface area contributed by atoms with Gasteiger partial charge in [0.25, 0.3) is 5.91 Å². The number of nitrogens with zero attached hydrogens (tertiary/aromatic N) is 1. The van der Waals surface area contributed by atoms with E-state index in [0.717, 1.165) is 19.3 Å². The molecule has 2 unspecified atom stereocenters. The van der Waals surface area contributed by atoms with Gasteiger partial charge in [-0.25, -0.2) is 4.79 Å². The van der Waals surface area contributed by atoms with Crippen LogP contribution in [0.2, 0.25) is 0 Å². The fourth-order valence-corrected chi connectivity index (χ4v) is 5.63. The molecule has 2 aliphatic rings. The second kappa shape index (κ2) is 18.0. The lowest BCUT2D eigenvalue weighted by molar-refractivity contribution is -0.143. The Kier molecular flexibility index (Phi) is 14.2. The minimum absolute atomic E-state index is 0.130. The van der Waals surface area contributed by atoms with Gasteiger partial charge in [-0.15, -0.1) is 0 Å². The van der Waals surface area contributed by atoms with Crippen molar-refractivity contribution in [3.05, 3.63) is 35.9 Å². The molecule has 0 saturated carbocycles. The summed E-state index contributed by atoms with van der Waals surface area (Å²) in [6.45, 7) is 5.14. The lowest BCUT2D eigenvalue weighted by Gasteiger charge is -2.30. The zero-order valence-electron chi connectivity index (χ0n) is 27.0. The van der Waals surface area contributed by atoms with E-state index in [2.05, 4.69) is 21.3 Å². The first-order chi connectivity index (χ1) is 22.0. The SMILES string of the molecule is CC(=O)[C@@H](NC(=O)CNC(=O)C(=O)C1CCCCCCCC(NC(=O)OCC(C)C)C(=O)N2CCC[C@H]2C(=O)N1)c1ccccc1. The molecule has 252 valence electrons. The van der Waals surface area contributed by atoms with E-state index in [1.54, 1.807) is 30.3 Å². The van der Waals surface area contributed by atoms with Crippen molar-refractivity contribution in [3.63, 3.8) is 0 Å². The Morgan fingerprint density at radius 2 is 1.61 bits per heavy atom. The van der Waals surface area contributed by atoms with E-state index in [1.165, 1.54) is 11.8 Å². The van der Waals surface area contributed by atoms with Crippen molar-refractivity contribution in [2.24, 2.45) is 5.92 Å². The molecule has 5 amide bonds. The average Bonchev–Trinajstić information content (AvgIpc) is 3.53. The molecule has 2 aliphatic heterocycles. The average molecular weight is 642 g/mol. The number of ether oxygens (including phenoxy) is 1. The molecule has 46 heavy (non-hydrogen) atoms. The third kappa shape index (κ3) is 11.0. The van der Waals surface area contributed by atoms with Crippen LogP contribution in [0.1, 0.15) is 90.2 Å². The molecular weight excluding hydrogens is 594 g/mol. The summed E-state index contributed by atoms with van der Waals surface area (Å²) in [5, 5.41) is 10.3. The summed E-state index contributed by atoms with van der Waals surface area (Å²) in [6.07, 6.45) is 4.44. The fourth-order valence-electron chi connectivity index (χ4n) is 5.63. The number of rotatable bonds is 10. The molecule has 1 aromatic rings. The number of nitrogens with one attached hydrogen (secondary N) is 4. The molecule has 13 nitrogen and oxygen atoms in total. The molecule has 2 heterocycles. The van der Waals surface area contributed by atoms with Crippen LogP contribution in [0.15, 0.2) is 30.3 Å². The van der Waals surface area contributed by atoms with Gasteiger partial charge >= 0.3 is 6.09 Å². The van der Waals surface area contributed by atoms with Crippen LogP contribution in [0.4, 0.5) is 4.79 Å². The van der Waals surface area contributed by atoms with E-state index in [1.807, 2.05) is 13.8 Å². The smallest absolute Gasteiger partial charge is 0.407 e. The molecule has 0 bridgehead atoms. The maximum atomic E-state index is 13.6. The second-order valence-corrected chi connectivity index (χ2v) is 12.4. The molecule has 2 saturated heterocycles. The number of fused-ring (bicyclic) bond motifs is 1. The van der Waals surface area contributed by atoms with Gasteiger partial charge in [-0.1, -0.05) is 76.3 Å². The van der Waals surface area contributed by atoms with Crippen molar-refractivity contribution in [2.75, 3.05) is 19.7 Å². The molecule has 2 fully saturated rings. The number of carbonyl (C=O) groups is 7. The monoisotopic (exact) mass is 641 g/mol. The molecule has 0 aromatic heterocycles. The Labute approximate surface area is 269 Å². The highest BCUT2D eigenvalue weighted by Crippen LogP contribution is 2.22. The van der Waals surface area contributed by atoms with E-state index >= 15 is 0 Å². The van der Waals surface area contributed by atoms with Gasteiger partial charge in [-0.3, -0.25) is 28.8 Å². The number of amides is 5. The van der Waals surface area contributed by atoms with E-state index in [9.17, 15) is 33.6 Å². The summed E-state index contributed by atoms with van der Waals surface area (Å²) in [4.78, 5) is 91.7. The van der Waals surface area contributed by atoms with E-state index in [4.69, 9.17) is 4.74 Å². The number of hydrogen-bond donors (Lipinski definition) is 4. The van der Waals surface area contributed by atoms with E-state index < -0.39 is 60.3 Å². The van der Waals surface area contributed by atoms with Crippen LogP contribution in [-0.2, 0) is 33.5 Å². The summed E-state index contributed by atoms with van der Waals surface area (Å²) in [7, 11) is 0. The van der Waals surface area contributed by atoms with Crippen LogP contribution < -0.4 is 21.3 Å². The first-order valence-electron chi connectivity index (χ1n) is 16.2. The summed E-state index contributed by atoms with van der Waals surface area (Å²) in [5.41, 5.74) is 0.584. The van der Waals surface area contributed by atoms with Crippen LogP contribution >= 0.6 is 0 Å². The van der Waals surface area contributed by atoms with Crippen molar-refractivity contribution in [1.82, 2.24) is 26.2 Å². The Hall–Kier alpha value is -4.29. The van der Waals surface area contributed by atoms with Crippen molar-refractivity contribution >= 4 is 41.3 Å². The molecule has 4 atom stereocenters. The second-order valence-electron chi connectivity index (χ2n) is 12.4.